The molecule has 22 heavy (non-hydrogen) atoms. The Morgan fingerprint density at radius 1 is 1.32 bits per heavy atom. The number of aliphatic carboxylic acids is 2. The topological polar surface area (TPSA) is 126 Å². The Balaban J connectivity index is 2.86. The van der Waals surface area contributed by atoms with Gasteiger partial charge in [0.05, 0.1) is 11.6 Å². The quantitative estimate of drug-likeness (QED) is 0.614. The summed E-state index contributed by atoms with van der Waals surface area (Å²) >= 11 is 0. The maximum Gasteiger partial charge on any atom is 0.353 e. The highest BCUT2D eigenvalue weighted by Crippen LogP contribution is 2.31. The number of benzene rings is 1. The van der Waals surface area contributed by atoms with Gasteiger partial charge in [0.15, 0.2) is 0 Å². The van der Waals surface area contributed by atoms with Crippen molar-refractivity contribution in [2.24, 2.45) is 5.73 Å². The number of aromatic nitrogens is 1. The Bertz CT molecular complexity index is 789. The standard InChI is InChI=1S/C15H16N2O5/c1-8-10(4-5-16)11-6-9(18)2-3-12(11)17(8)13(15(21)22)7-14(19)20/h2-3,6-7,18H,4-5,16H2,1H3,(H,19,20)(H,21,22)/b13-7+. The van der Waals surface area contributed by atoms with Crippen molar-refractivity contribution in [3.8, 4) is 5.75 Å². The first-order valence-electron chi connectivity index (χ1n) is 6.58. The summed E-state index contributed by atoms with van der Waals surface area (Å²) in [5, 5.41) is 28.5. The van der Waals surface area contributed by atoms with Crippen LogP contribution in [0.15, 0.2) is 24.3 Å². The van der Waals surface area contributed by atoms with Crippen molar-refractivity contribution in [2.45, 2.75) is 13.3 Å². The summed E-state index contributed by atoms with van der Waals surface area (Å²) in [4.78, 5) is 22.3. The van der Waals surface area contributed by atoms with Gasteiger partial charge in [0.25, 0.3) is 0 Å². The van der Waals surface area contributed by atoms with Crippen molar-refractivity contribution in [1.82, 2.24) is 4.57 Å². The fraction of sp³-hybridized carbons (Fsp3) is 0.200. The predicted molar refractivity (Wildman–Crippen MR) is 80.6 cm³/mol. The number of hydrogen-bond acceptors (Lipinski definition) is 4. The molecule has 0 saturated heterocycles. The lowest BCUT2D eigenvalue weighted by atomic mass is 10.1. The Morgan fingerprint density at radius 3 is 2.55 bits per heavy atom. The number of carbonyl (C=O) groups is 2. The number of phenolic OH excluding ortho intramolecular Hbond substituents is 1. The molecular formula is C15H16N2O5. The van der Waals surface area contributed by atoms with Gasteiger partial charge in [-0.25, -0.2) is 9.59 Å². The lowest BCUT2D eigenvalue weighted by molar-refractivity contribution is -0.133. The van der Waals surface area contributed by atoms with Gasteiger partial charge in [-0.2, -0.15) is 0 Å². The Hall–Kier alpha value is -2.80. The van der Waals surface area contributed by atoms with Crippen molar-refractivity contribution in [1.29, 1.82) is 0 Å². The number of carboxylic acid groups (broad SMARTS) is 2. The van der Waals surface area contributed by atoms with Crippen molar-refractivity contribution in [3.63, 3.8) is 0 Å². The van der Waals surface area contributed by atoms with Crippen LogP contribution in [0.4, 0.5) is 0 Å². The van der Waals surface area contributed by atoms with Gasteiger partial charge in [0, 0.05) is 11.1 Å². The molecule has 0 aliphatic rings. The van der Waals surface area contributed by atoms with Gasteiger partial charge in [-0.15, -0.1) is 0 Å². The molecule has 0 saturated carbocycles. The molecule has 0 unspecified atom stereocenters. The summed E-state index contributed by atoms with van der Waals surface area (Å²) in [7, 11) is 0. The first-order chi connectivity index (χ1) is 10.4. The highest BCUT2D eigenvalue weighted by molar-refractivity contribution is 6.15. The molecule has 0 atom stereocenters. The Kier molecular flexibility index (Phi) is 4.18. The van der Waals surface area contributed by atoms with Crippen LogP contribution < -0.4 is 5.73 Å². The molecule has 0 amide bonds. The van der Waals surface area contributed by atoms with E-state index in [9.17, 15) is 19.8 Å². The molecule has 1 aromatic heterocycles. The number of carboxylic acids is 2. The average Bonchev–Trinajstić information content (AvgIpc) is 2.69. The van der Waals surface area contributed by atoms with Crippen LogP contribution in [0.2, 0.25) is 0 Å². The van der Waals surface area contributed by atoms with E-state index in [-0.39, 0.29) is 11.4 Å². The van der Waals surface area contributed by atoms with Crippen LogP contribution in [-0.4, -0.2) is 38.4 Å². The molecule has 7 nitrogen and oxygen atoms in total. The minimum absolute atomic E-state index is 0.0435. The Labute approximate surface area is 125 Å². The van der Waals surface area contributed by atoms with E-state index in [1.807, 2.05) is 0 Å². The molecule has 5 N–H and O–H groups in total. The van der Waals surface area contributed by atoms with Gasteiger partial charge in [-0.3, -0.25) is 0 Å². The van der Waals surface area contributed by atoms with Crippen LogP contribution >= 0.6 is 0 Å². The van der Waals surface area contributed by atoms with Crippen molar-refractivity contribution < 1.29 is 24.9 Å². The normalized spacial score (nSPS) is 11.8. The molecule has 1 aromatic carbocycles. The van der Waals surface area contributed by atoms with Gasteiger partial charge in [-0.1, -0.05) is 0 Å². The second-order valence-electron chi connectivity index (χ2n) is 4.81. The van der Waals surface area contributed by atoms with Gasteiger partial charge in [0.2, 0.25) is 0 Å². The third kappa shape index (κ3) is 2.66. The van der Waals surface area contributed by atoms with Crippen LogP contribution in [0, 0.1) is 6.92 Å². The third-order valence-corrected chi connectivity index (χ3v) is 3.43. The molecule has 116 valence electrons. The van der Waals surface area contributed by atoms with Crippen LogP contribution in [0.1, 0.15) is 11.3 Å². The van der Waals surface area contributed by atoms with E-state index < -0.39 is 11.9 Å². The van der Waals surface area contributed by atoms with Crippen LogP contribution in [0.3, 0.4) is 0 Å². The number of phenols is 1. The number of fused-ring (bicyclic) bond motifs is 1. The van der Waals surface area contributed by atoms with E-state index >= 15 is 0 Å². The first kappa shape index (κ1) is 15.6. The maximum atomic E-state index is 11.4. The highest BCUT2D eigenvalue weighted by atomic mass is 16.4. The highest BCUT2D eigenvalue weighted by Gasteiger charge is 2.21. The minimum atomic E-state index is -1.35. The summed E-state index contributed by atoms with van der Waals surface area (Å²) < 4.78 is 1.36. The fourth-order valence-electron chi connectivity index (χ4n) is 2.58. The second-order valence-corrected chi connectivity index (χ2v) is 4.81. The van der Waals surface area contributed by atoms with Crippen LogP contribution in [0.25, 0.3) is 16.6 Å². The molecule has 0 aliphatic carbocycles. The first-order valence-corrected chi connectivity index (χ1v) is 6.58. The van der Waals surface area contributed by atoms with Crippen molar-refractivity contribution in [2.75, 3.05) is 6.54 Å². The number of hydrogen-bond donors (Lipinski definition) is 4. The molecule has 0 radical (unpaired) electrons. The number of nitrogens with zero attached hydrogens (tertiary/aromatic N) is 1. The smallest absolute Gasteiger partial charge is 0.353 e. The van der Waals surface area contributed by atoms with Crippen LogP contribution in [0.5, 0.6) is 5.75 Å². The molecule has 2 rings (SSSR count). The summed E-state index contributed by atoms with van der Waals surface area (Å²) in [6.45, 7) is 2.04. The predicted octanol–water partition coefficient (Wildman–Crippen LogP) is 1.17. The van der Waals surface area contributed by atoms with E-state index in [2.05, 4.69) is 0 Å². The second kappa shape index (κ2) is 5.90. The zero-order valence-corrected chi connectivity index (χ0v) is 11.9. The summed E-state index contributed by atoms with van der Waals surface area (Å²) in [5.74, 6) is -2.66. The molecule has 0 fully saturated rings. The molecule has 2 aromatic rings. The van der Waals surface area contributed by atoms with E-state index in [0.717, 1.165) is 5.56 Å². The fourth-order valence-corrected chi connectivity index (χ4v) is 2.58. The van der Waals surface area contributed by atoms with E-state index in [4.69, 9.17) is 10.8 Å². The Morgan fingerprint density at radius 2 is 2.00 bits per heavy atom. The third-order valence-electron chi connectivity index (χ3n) is 3.43. The van der Waals surface area contributed by atoms with Gasteiger partial charge in [0.1, 0.15) is 11.4 Å². The monoisotopic (exact) mass is 304 g/mol. The zero-order chi connectivity index (χ0) is 16.4. The van der Waals surface area contributed by atoms with Gasteiger partial charge in [-0.05, 0) is 43.7 Å². The molecule has 7 heteroatoms. The molecular weight excluding hydrogens is 288 g/mol. The maximum absolute atomic E-state index is 11.4. The summed E-state index contributed by atoms with van der Waals surface area (Å²) in [6.07, 6.45) is 1.13. The molecule has 1 heterocycles. The number of aromatic hydroxyl groups is 1. The molecule has 0 aliphatic heterocycles. The summed E-state index contributed by atoms with van der Waals surface area (Å²) in [6, 6.07) is 4.49. The summed E-state index contributed by atoms with van der Waals surface area (Å²) in [5.41, 5.74) is 7.09. The van der Waals surface area contributed by atoms with Gasteiger partial charge >= 0.3 is 11.9 Å². The molecule has 0 spiro atoms. The lowest BCUT2D eigenvalue weighted by Crippen LogP contribution is -2.12. The van der Waals surface area contributed by atoms with Gasteiger partial charge < -0.3 is 25.6 Å². The number of nitrogens with two attached hydrogens (primary N) is 1. The number of rotatable bonds is 5. The minimum Gasteiger partial charge on any atom is -0.508 e. The van der Waals surface area contributed by atoms with Crippen LogP contribution in [-0.2, 0) is 16.0 Å². The van der Waals surface area contributed by atoms with Crippen molar-refractivity contribution >= 4 is 28.5 Å². The SMILES string of the molecule is Cc1c(CCN)c2cc(O)ccc2n1/C(=C/C(=O)O)C(=O)O. The lowest BCUT2D eigenvalue weighted by Gasteiger charge is -2.09. The zero-order valence-electron chi connectivity index (χ0n) is 11.9. The van der Waals surface area contributed by atoms with E-state index in [1.54, 1.807) is 13.0 Å². The average molecular weight is 304 g/mol. The largest absolute Gasteiger partial charge is 0.508 e. The molecule has 0 bridgehead atoms. The van der Waals surface area contributed by atoms with E-state index in [1.165, 1.54) is 16.7 Å². The van der Waals surface area contributed by atoms with Crippen molar-refractivity contribution in [3.05, 3.63) is 35.5 Å². The van der Waals surface area contributed by atoms with E-state index in [0.29, 0.717) is 35.6 Å².